The molecule has 5 heteroatoms. The van der Waals surface area contributed by atoms with Crippen LogP contribution in [0.3, 0.4) is 0 Å². The molecule has 3 atom stereocenters. The van der Waals surface area contributed by atoms with E-state index >= 15 is 0 Å². The van der Waals surface area contributed by atoms with Crippen LogP contribution in [-0.2, 0) is 11.2 Å². The molecular weight excluding hydrogens is 362 g/mol. The Hall–Kier alpha value is -2.40. The van der Waals surface area contributed by atoms with Gasteiger partial charge in [0.15, 0.2) is 0 Å². The SMILES string of the molecule is CCC(=O)n1cc2c3c(cccc31)C1=C[C@@H](C(=O)NC(C)CC)CN(C)C1(C)C2. The van der Waals surface area contributed by atoms with Gasteiger partial charge in [-0.25, -0.2) is 0 Å². The number of carbonyl (C=O) groups is 2. The van der Waals surface area contributed by atoms with Crippen LogP contribution in [0.2, 0.25) is 0 Å². The van der Waals surface area contributed by atoms with Crippen LogP contribution in [-0.4, -0.2) is 46.5 Å². The highest BCUT2D eigenvalue weighted by Crippen LogP contribution is 2.47. The van der Waals surface area contributed by atoms with E-state index in [1.807, 2.05) is 36.7 Å². The maximum atomic E-state index is 12.9. The molecule has 2 heterocycles. The lowest BCUT2D eigenvalue weighted by Gasteiger charge is -2.48. The van der Waals surface area contributed by atoms with Crippen LogP contribution < -0.4 is 5.32 Å². The molecule has 154 valence electrons. The highest BCUT2D eigenvalue weighted by atomic mass is 16.2. The maximum absolute atomic E-state index is 12.9. The Morgan fingerprint density at radius 1 is 1.31 bits per heavy atom. The number of fused-ring (bicyclic) bond motifs is 2. The first-order valence-electron chi connectivity index (χ1n) is 10.7. The fraction of sp³-hybridized carbons (Fsp3) is 0.500. The third kappa shape index (κ3) is 3.03. The van der Waals surface area contributed by atoms with E-state index in [1.165, 1.54) is 11.1 Å². The van der Waals surface area contributed by atoms with Crippen molar-refractivity contribution in [3.63, 3.8) is 0 Å². The predicted molar refractivity (Wildman–Crippen MR) is 117 cm³/mol. The molecule has 1 aliphatic heterocycles. The minimum atomic E-state index is -0.185. The smallest absolute Gasteiger partial charge is 0.230 e. The minimum Gasteiger partial charge on any atom is -0.353 e. The van der Waals surface area contributed by atoms with E-state index < -0.39 is 0 Å². The Bertz CT molecular complexity index is 1020. The Labute approximate surface area is 172 Å². The molecule has 1 amide bonds. The lowest BCUT2D eigenvalue weighted by molar-refractivity contribution is -0.125. The molecule has 0 spiro atoms. The van der Waals surface area contributed by atoms with Gasteiger partial charge in [-0.15, -0.1) is 0 Å². The quantitative estimate of drug-likeness (QED) is 0.858. The first kappa shape index (κ1) is 19.9. The van der Waals surface area contributed by atoms with Gasteiger partial charge in [0.05, 0.1) is 11.4 Å². The monoisotopic (exact) mass is 393 g/mol. The van der Waals surface area contributed by atoms with Crippen molar-refractivity contribution < 1.29 is 9.59 Å². The van der Waals surface area contributed by atoms with Gasteiger partial charge in [0.25, 0.3) is 0 Å². The van der Waals surface area contributed by atoms with Crippen molar-refractivity contribution in [1.29, 1.82) is 0 Å². The second-order valence-corrected chi connectivity index (χ2v) is 8.81. The fourth-order valence-electron chi connectivity index (χ4n) is 4.83. The molecule has 1 N–H and O–H groups in total. The zero-order valence-corrected chi connectivity index (χ0v) is 18.1. The number of benzene rings is 1. The number of nitrogens with one attached hydrogen (secondary N) is 1. The summed E-state index contributed by atoms with van der Waals surface area (Å²) in [6.07, 6.45) is 6.44. The number of carbonyl (C=O) groups excluding carboxylic acids is 2. The van der Waals surface area contributed by atoms with Crippen molar-refractivity contribution in [2.24, 2.45) is 5.92 Å². The third-order valence-electron chi connectivity index (χ3n) is 6.90. The normalized spacial score (nSPS) is 24.7. The third-order valence-corrected chi connectivity index (χ3v) is 6.90. The van der Waals surface area contributed by atoms with Crippen molar-refractivity contribution in [2.45, 2.75) is 58.5 Å². The Morgan fingerprint density at radius 3 is 2.76 bits per heavy atom. The molecule has 2 aromatic rings. The molecule has 0 saturated carbocycles. The standard InChI is InChI=1S/C24H31N3O2/c1-6-15(3)25-23(29)16-11-19-18-9-8-10-20-22(18)17(14-27(20)21(28)7-2)12-24(19,4)26(5)13-16/h8-11,14-16H,6-7,12-13H2,1-5H3,(H,25,29)/t15?,16-,24?/m1/s1. The van der Waals surface area contributed by atoms with Crippen molar-refractivity contribution >= 4 is 28.3 Å². The molecule has 5 nitrogen and oxygen atoms in total. The summed E-state index contributed by atoms with van der Waals surface area (Å²) in [7, 11) is 2.11. The molecule has 0 fully saturated rings. The summed E-state index contributed by atoms with van der Waals surface area (Å²) < 4.78 is 1.81. The topological polar surface area (TPSA) is 54.3 Å². The molecule has 1 aliphatic carbocycles. The lowest BCUT2D eigenvalue weighted by Crippen LogP contribution is -2.54. The number of nitrogens with zero attached hydrogens (tertiary/aromatic N) is 2. The van der Waals surface area contributed by atoms with Gasteiger partial charge in [0, 0.05) is 36.1 Å². The largest absolute Gasteiger partial charge is 0.353 e. The van der Waals surface area contributed by atoms with Crippen LogP contribution in [0.25, 0.3) is 16.5 Å². The van der Waals surface area contributed by atoms with Crippen molar-refractivity contribution in [3.8, 4) is 0 Å². The van der Waals surface area contributed by atoms with Gasteiger partial charge < -0.3 is 5.32 Å². The summed E-state index contributed by atoms with van der Waals surface area (Å²) in [5, 5.41) is 4.30. The van der Waals surface area contributed by atoms with Crippen LogP contribution >= 0.6 is 0 Å². The molecule has 29 heavy (non-hydrogen) atoms. The van der Waals surface area contributed by atoms with Gasteiger partial charge in [0.2, 0.25) is 11.8 Å². The number of aromatic nitrogens is 1. The molecule has 2 aliphatic rings. The average Bonchev–Trinajstić information content (AvgIpc) is 3.07. The van der Waals surface area contributed by atoms with E-state index in [0.717, 1.165) is 29.3 Å². The van der Waals surface area contributed by atoms with Gasteiger partial charge in [-0.1, -0.05) is 32.1 Å². The summed E-state index contributed by atoms with van der Waals surface area (Å²) >= 11 is 0. The van der Waals surface area contributed by atoms with E-state index in [1.54, 1.807) is 0 Å². The van der Waals surface area contributed by atoms with E-state index in [2.05, 4.69) is 43.3 Å². The van der Waals surface area contributed by atoms with Crippen LogP contribution in [0.1, 0.15) is 56.5 Å². The van der Waals surface area contributed by atoms with Gasteiger partial charge >= 0.3 is 0 Å². The minimum absolute atomic E-state index is 0.0949. The van der Waals surface area contributed by atoms with Gasteiger partial charge in [-0.3, -0.25) is 19.1 Å². The molecule has 0 bridgehead atoms. The highest BCUT2D eigenvalue weighted by molar-refractivity contribution is 6.04. The van der Waals surface area contributed by atoms with Crippen LogP contribution in [0.5, 0.6) is 0 Å². The summed E-state index contributed by atoms with van der Waals surface area (Å²) in [6.45, 7) is 8.97. The molecular formula is C24H31N3O2. The number of amides is 1. The predicted octanol–water partition coefficient (Wildman–Crippen LogP) is 3.87. The number of rotatable bonds is 4. The number of likely N-dealkylation sites (N-methyl/N-ethyl adjacent to an activating group) is 1. The van der Waals surface area contributed by atoms with Crippen molar-refractivity contribution in [1.82, 2.24) is 14.8 Å². The van der Waals surface area contributed by atoms with E-state index in [-0.39, 0.29) is 29.3 Å². The number of hydrogen-bond acceptors (Lipinski definition) is 3. The molecule has 2 unspecified atom stereocenters. The zero-order chi connectivity index (χ0) is 20.9. The van der Waals surface area contributed by atoms with E-state index in [9.17, 15) is 9.59 Å². The average molecular weight is 394 g/mol. The molecule has 1 aromatic heterocycles. The van der Waals surface area contributed by atoms with Crippen LogP contribution in [0, 0.1) is 5.92 Å². The Balaban J connectivity index is 1.85. The molecule has 1 aromatic carbocycles. The van der Waals surface area contributed by atoms with E-state index in [4.69, 9.17) is 0 Å². The van der Waals surface area contributed by atoms with Crippen LogP contribution in [0.4, 0.5) is 0 Å². The van der Waals surface area contributed by atoms with Crippen molar-refractivity contribution in [3.05, 3.63) is 41.6 Å². The first-order chi connectivity index (χ1) is 13.8. The second-order valence-electron chi connectivity index (χ2n) is 8.81. The lowest BCUT2D eigenvalue weighted by atomic mass is 9.71. The van der Waals surface area contributed by atoms with Crippen molar-refractivity contribution in [2.75, 3.05) is 13.6 Å². The Kier molecular flexibility index (Phi) is 4.89. The fourth-order valence-corrected chi connectivity index (χ4v) is 4.83. The zero-order valence-electron chi connectivity index (χ0n) is 18.1. The summed E-state index contributed by atoms with van der Waals surface area (Å²) in [4.78, 5) is 27.7. The van der Waals surface area contributed by atoms with Gasteiger partial charge in [-0.2, -0.15) is 0 Å². The molecule has 0 radical (unpaired) electrons. The van der Waals surface area contributed by atoms with E-state index in [0.29, 0.717) is 13.0 Å². The summed E-state index contributed by atoms with van der Waals surface area (Å²) in [6, 6.07) is 6.36. The second kappa shape index (κ2) is 7.13. The Morgan fingerprint density at radius 2 is 2.07 bits per heavy atom. The highest BCUT2D eigenvalue weighted by Gasteiger charge is 2.44. The number of hydrogen-bond donors (Lipinski definition) is 1. The maximum Gasteiger partial charge on any atom is 0.230 e. The van der Waals surface area contributed by atoms with Gasteiger partial charge in [0.1, 0.15) is 0 Å². The van der Waals surface area contributed by atoms with Gasteiger partial charge in [-0.05, 0) is 56.5 Å². The summed E-state index contributed by atoms with van der Waals surface area (Å²) in [5.74, 6) is 0.0345. The molecule has 0 saturated heterocycles. The first-order valence-corrected chi connectivity index (χ1v) is 10.7. The van der Waals surface area contributed by atoms with Crippen LogP contribution in [0.15, 0.2) is 30.5 Å². The molecule has 4 rings (SSSR count). The summed E-state index contributed by atoms with van der Waals surface area (Å²) in [5.41, 5.74) is 4.36.